The molecule has 0 bridgehead atoms. The summed E-state index contributed by atoms with van der Waals surface area (Å²) in [6.07, 6.45) is 0. The summed E-state index contributed by atoms with van der Waals surface area (Å²) in [7, 11) is 0. The molecule has 1 aromatic carbocycles. The molecule has 1 aromatic rings. The Morgan fingerprint density at radius 1 is 1.62 bits per heavy atom. The maximum Gasteiger partial charge on any atom is 0.307 e. The van der Waals surface area contributed by atoms with Crippen LogP contribution in [0.4, 0.5) is 0 Å². The first kappa shape index (κ1) is 12.6. The Hall–Kier alpha value is -1.47. The van der Waals surface area contributed by atoms with E-state index in [2.05, 4.69) is 6.07 Å². The quantitative estimate of drug-likeness (QED) is 0.815. The molecule has 0 aliphatic carbocycles. The average molecular weight is 235 g/mol. The second-order valence-electron chi connectivity index (χ2n) is 3.66. The number of carbonyl (C=O) groups is 1. The van der Waals surface area contributed by atoms with Gasteiger partial charge >= 0.3 is 5.97 Å². The number of aryl methyl sites for hydroxylation is 1. The van der Waals surface area contributed by atoms with Crippen molar-refractivity contribution in [2.24, 2.45) is 5.92 Å². The third kappa shape index (κ3) is 3.28. The topological polar surface area (TPSA) is 61.1 Å². The average Bonchev–Trinajstić information content (AvgIpc) is 2.25. The lowest BCUT2D eigenvalue weighted by molar-refractivity contribution is -0.140. The van der Waals surface area contributed by atoms with Gasteiger partial charge in [0.1, 0.15) is 6.07 Å². The van der Waals surface area contributed by atoms with E-state index < -0.39 is 11.9 Å². The lowest BCUT2D eigenvalue weighted by Gasteiger charge is -2.07. The number of thioether (sulfide) groups is 1. The van der Waals surface area contributed by atoms with Crippen molar-refractivity contribution in [1.29, 1.82) is 5.26 Å². The van der Waals surface area contributed by atoms with E-state index in [9.17, 15) is 4.79 Å². The molecule has 0 radical (unpaired) electrons. The first-order valence-electron chi connectivity index (χ1n) is 4.91. The van der Waals surface area contributed by atoms with Crippen LogP contribution in [0.25, 0.3) is 0 Å². The van der Waals surface area contributed by atoms with Gasteiger partial charge in [0, 0.05) is 10.6 Å². The summed E-state index contributed by atoms with van der Waals surface area (Å²) in [6, 6.07) is 7.67. The number of nitrogens with zero attached hydrogens (tertiary/aromatic N) is 1. The van der Waals surface area contributed by atoms with Crippen molar-refractivity contribution in [2.75, 3.05) is 5.75 Å². The van der Waals surface area contributed by atoms with Crippen LogP contribution in [-0.2, 0) is 4.79 Å². The third-order valence-electron chi connectivity index (χ3n) is 2.17. The second-order valence-corrected chi connectivity index (χ2v) is 4.72. The van der Waals surface area contributed by atoms with Crippen LogP contribution in [0.2, 0.25) is 0 Å². The van der Waals surface area contributed by atoms with Crippen molar-refractivity contribution < 1.29 is 9.90 Å². The van der Waals surface area contributed by atoms with Crippen molar-refractivity contribution in [3.05, 3.63) is 29.3 Å². The van der Waals surface area contributed by atoms with Gasteiger partial charge in [-0.05, 0) is 24.6 Å². The van der Waals surface area contributed by atoms with E-state index >= 15 is 0 Å². The standard InChI is InChI=1S/C12H13NO2S/c1-8-3-4-10(6-13)11(5-8)16-7-9(2)12(14)15/h3-5,9H,7H2,1-2H3,(H,14,15). The van der Waals surface area contributed by atoms with Crippen LogP contribution in [0.15, 0.2) is 23.1 Å². The van der Waals surface area contributed by atoms with Crippen molar-refractivity contribution >= 4 is 17.7 Å². The van der Waals surface area contributed by atoms with Crippen LogP contribution < -0.4 is 0 Å². The molecule has 0 spiro atoms. The van der Waals surface area contributed by atoms with Gasteiger partial charge in [-0.15, -0.1) is 11.8 Å². The molecule has 16 heavy (non-hydrogen) atoms. The van der Waals surface area contributed by atoms with Gasteiger partial charge in [-0.3, -0.25) is 4.79 Å². The van der Waals surface area contributed by atoms with Crippen molar-refractivity contribution in [1.82, 2.24) is 0 Å². The van der Waals surface area contributed by atoms with E-state index in [4.69, 9.17) is 10.4 Å². The monoisotopic (exact) mass is 235 g/mol. The molecule has 0 fully saturated rings. The zero-order valence-corrected chi connectivity index (χ0v) is 10.0. The molecule has 0 amide bonds. The molecule has 1 N–H and O–H groups in total. The molecule has 1 atom stereocenters. The molecule has 0 aliphatic heterocycles. The van der Waals surface area contributed by atoms with Gasteiger partial charge in [-0.25, -0.2) is 0 Å². The second kappa shape index (κ2) is 5.57. The minimum Gasteiger partial charge on any atom is -0.481 e. The van der Waals surface area contributed by atoms with Gasteiger partial charge in [0.2, 0.25) is 0 Å². The highest BCUT2D eigenvalue weighted by Gasteiger charge is 2.12. The highest BCUT2D eigenvalue weighted by atomic mass is 32.2. The Morgan fingerprint density at radius 2 is 2.31 bits per heavy atom. The predicted molar refractivity (Wildman–Crippen MR) is 63.4 cm³/mol. The minimum absolute atomic E-state index is 0.406. The zero-order valence-electron chi connectivity index (χ0n) is 9.23. The van der Waals surface area contributed by atoms with E-state index in [1.165, 1.54) is 11.8 Å². The van der Waals surface area contributed by atoms with Crippen LogP contribution in [0, 0.1) is 24.2 Å². The third-order valence-corrected chi connectivity index (χ3v) is 3.48. The van der Waals surface area contributed by atoms with Gasteiger partial charge in [0.05, 0.1) is 11.5 Å². The molecule has 0 saturated carbocycles. The maximum atomic E-state index is 10.7. The molecular weight excluding hydrogens is 222 g/mol. The number of carboxylic acids is 1. The molecule has 84 valence electrons. The van der Waals surface area contributed by atoms with Crippen LogP contribution in [0.3, 0.4) is 0 Å². The number of rotatable bonds is 4. The maximum absolute atomic E-state index is 10.7. The van der Waals surface area contributed by atoms with Gasteiger partial charge in [0.25, 0.3) is 0 Å². The smallest absolute Gasteiger partial charge is 0.307 e. The van der Waals surface area contributed by atoms with Crippen molar-refractivity contribution in [2.45, 2.75) is 18.7 Å². The van der Waals surface area contributed by atoms with Crippen LogP contribution >= 0.6 is 11.8 Å². The molecule has 0 aliphatic rings. The molecule has 0 aromatic heterocycles. The molecule has 3 nitrogen and oxygen atoms in total. The minimum atomic E-state index is -0.807. The Balaban J connectivity index is 2.77. The molecule has 1 rings (SSSR count). The SMILES string of the molecule is Cc1ccc(C#N)c(SCC(C)C(=O)O)c1. The number of hydrogen-bond donors (Lipinski definition) is 1. The summed E-state index contributed by atoms with van der Waals surface area (Å²) in [5, 5.41) is 17.7. The summed E-state index contributed by atoms with van der Waals surface area (Å²) in [5.74, 6) is -0.733. The summed E-state index contributed by atoms with van der Waals surface area (Å²) < 4.78 is 0. The summed E-state index contributed by atoms with van der Waals surface area (Å²) >= 11 is 1.42. The fourth-order valence-electron chi connectivity index (χ4n) is 1.13. The van der Waals surface area contributed by atoms with E-state index in [1.807, 2.05) is 19.1 Å². The molecule has 1 unspecified atom stereocenters. The lowest BCUT2D eigenvalue weighted by atomic mass is 10.2. The van der Waals surface area contributed by atoms with Crippen molar-refractivity contribution in [3.8, 4) is 6.07 Å². The molecule has 0 saturated heterocycles. The van der Waals surface area contributed by atoms with Gasteiger partial charge < -0.3 is 5.11 Å². The summed E-state index contributed by atoms with van der Waals surface area (Å²) in [6.45, 7) is 3.61. The molecule has 4 heteroatoms. The highest BCUT2D eigenvalue weighted by Crippen LogP contribution is 2.25. The largest absolute Gasteiger partial charge is 0.481 e. The first-order valence-corrected chi connectivity index (χ1v) is 5.89. The molecular formula is C12H13NO2S. The zero-order chi connectivity index (χ0) is 12.1. The van der Waals surface area contributed by atoms with Crippen LogP contribution in [-0.4, -0.2) is 16.8 Å². The first-order chi connectivity index (χ1) is 7.54. The van der Waals surface area contributed by atoms with Gasteiger partial charge in [0.15, 0.2) is 0 Å². The van der Waals surface area contributed by atoms with E-state index in [0.29, 0.717) is 11.3 Å². The molecule has 0 heterocycles. The van der Waals surface area contributed by atoms with E-state index in [1.54, 1.807) is 13.0 Å². The fraction of sp³-hybridized carbons (Fsp3) is 0.333. The van der Waals surface area contributed by atoms with Gasteiger partial charge in [-0.2, -0.15) is 5.26 Å². The normalized spacial score (nSPS) is 11.8. The number of benzene rings is 1. The van der Waals surface area contributed by atoms with E-state index in [0.717, 1.165) is 10.5 Å². The number of hydrogen-bond acceptors (Lipinski definition) is 3. The van der Waals surface area contributed by atoms with Gasteiger partial charge in [-0.1, -0.05) is 13.0 Å². The van der Waals surface area contributed by atoms with Crippen LogP contribution in [0.1, 0.15) is 18.1 Å². The summed E-state index contributed by atoms with van der Waals surface area (Å²) in [4.78, 5) is 11.5. The van der Waals surface area contributed by atoms with Crippen molar-refractivity contribution in [3.63, 3.8) is 0 Å². The Kier molecular flexibility index (Phi) is 4.39. The van der Waals surface area contributed by atoms with E-state index in [-0.39, 0.29) is 0 Å². The Morgan fingerprint density at radius 3 is 2.88 bits per heavy atom. The summed E-state index contributed by atoms with van der Waals surface area (Å²) in [5.41, 5.74) is 1.68. The number of nitriles is 1. The highest BCUT2D eigenvalue weighted by molar-refractivity contribution is 7.99. The Labute approximate surface area is 99.1 Å². The Bertz CT molecular complexity index is 437. The number of aliphatic carboxylic acids is 1. The number of carboxylic acid groups (broad SMARTS) is 1. The van der Waals surface area contributed by atoms with Crippen LogP contribution in [0.5, 0.6) is 0 Å². The predicted octanol–water partition coefficient (Wildman–Crippen LogP) is 2.68. The fourth-order valence-corrected chi connectivity index (χ4v) is 2.24. The lowest BCUT2D eigenvalue weighted by Crippen LogP contribution is -2.11.